The Morgan fingerprint density at radius 1 is 1.04 bits per heavy atom. The van der Waals surface area contributed by atoms with E-state index in [0.717, 1.165) is 36.1 Å². The molecule has 4 nitrogen and oxygen atoms in total. The number of rotatable bonds is 9. The Labute approximate surface area is 136 Å². The summed E-state index contributed by atoms with van der Waals surface area (Å²) >= 11 is 0. The average molecular weight is 311 g/mol. The van der Waals surface area contributed by atoms with Gasteiger partial charge in [-0.25, -0.2) is 0 Å². The van der Waals surface area contributed by atoms with Crippen LogP contribution in [0.25, 0.3) is 0 Å². The first kappa shape index (κ1) is 15.6. The highest BCUT2D eigenvalue weighted by Crippen LogP contribution is 2.45. The lowest BCUT2D eigenvalue weighted by atomic mass is 10.1. The lowest BCUT2D eigenvalue weighted by Crippen LogP contribution is -2.27. The van der Waals surface area contributed by atoms with Crippen LogP contribution in [0.1, 0.15) is 24.0 Å². The lowest BCUT2D eigenvalue weighted by molar-refractivity contribution is -0.110. The van der Waals surface area contributed by atoms with Gasteiger partial charge in [0, 0.05) is 0 Å². The Morgan fingerprint density at radius 3 is 2.61 bits per heavy atom. The fraction of sp³-hybridized carbons (Fsp3) is 0.316. The molecule has 1 N–H and O–H groups in total. The second-order valence-electron chi connectivity index (χ2n) is 5.76. The predicted molar refractivity (Wildman–Crippen MR) is 88.1 cm³/mol. The van der Waals surface area contributed by atoms with E-state index in [1.165, 1.54) is 0 Å². The van der Waals surface area contributed by atoms with Crippen molar-refractivity contribution in [1.82, 2.24) is 5.32 Å². The molecule has 120 valence electrons. The van der Waals surface area contributed by atoms with Crippen molar-refractivity contribution in [1.29, 1.82) is 0 Å². The number of amides is 1. The van der Waals surface area contributed by atoms with Gasteiger partial charge in [-0.3, -0.25) is 4.79 Å². The maximum atomic E-state index is 10.7. The fourth-order valence-corrected chi connectivity index (χ4v) is 2.62. The zero-order chi connectivity index (χ0) is 16.0. The molecule has 0 saturated heterocycles. The summed E-state index contributed by atoms with van der Waals surface area (Å²) in [7, 11) is 0. The fourth-order valence-electron chi connectivity index (χ4n) is 2.62. The molecule has 3 rings (SSSR count). The Kier molecular flexibility index (Phi) is 4.93. The van der Waals surface area contributed by atoms with E-state index in [1.54, 1.807) is 0 Å². The highest BCUT2D eigenvalue weighted by atomic mass is 16.5. The third-order valence-electron chi connectivity index (χ3n) is 4.08. The van der Waals surface area contributed by atoms with E-state index < -0.39 is 0 Å². The van der Waals surface area contributed by atoms with E-state index in [2.05, 4.69) is 5.32 Å². The largest absolute Gasteiger partial charge is 0.491 e. The number of carbonyl (C=O) groups excluding carboxylic acids is 1. The number of hydrogen-bond acceptors (Lipinski definition) is 3. The standard InChI is InChI=1S/C19H21NO3/c21-15-20-19(9-10-19)17-7-4-8-18(13-17)23-12-11-22-14-16-5-2-1-3-6-16/h1-8,13,15H,9-12,14H2,(H,20,21). The van der Waals surface area contributed by atoms with Gasteiger partial charge in [0.25, 0.3) is 0 Å². The first-order chi connectivity index (χ1) is 11.3. The summed E-state index contributed by atoms with van der Waals surface area (Å²) in [5.41, 5.74) is 2.09. The zero-order valence-electron chi connectivity index (χ0n) is 13.0. The van der Waals surface area contributed by atoms with Gasteiger partial charge < -0.3 is 14.8 Å². The number of hydrogen-bond donors (Lipinski definition) is 1. The Bertz CT molecular complexity index is 638. The summed E-state index contributed by atoms with van der Waals surface area (Å²) in [4.78, 5) is 10.7. The Balaban J connectivity index is 1.45. The minimum Gasteiger partial charge on any atom is -0.491 e. The van der Waals surface area contributed by atoms with Gasteiger partial charge in [-0.2, -0.15) is 0 Å². The van der Waals surface area contributed by atoms with Crippen LogP contribution in [0.3, 0.4) is 0 Å². The van der Waals surface area contributed by atoms with Gasteiger partial charge in [0.05, 0.1) is 18.8 Å². The van der Waals surface area contributed by atoms with Gasteiger partial charge in [0.15, 0.2) is 0 Å². The van der Waals surface area contributed by atoms with Gasteiger partial charge in [0.1, 0.15) is 12.4 Å². The van der Waals surface area contributed by atoms with Crippen molar-refractivity contribution in [3.63, 3.8) is 0 Å². The summed E-state index contributed by atoms with van der Waals surface area (Å²) in [6, 6.07) is 18.0. The number of nitrogens with one attached hydrogen (secondary N) is 1. The Morgan fingerprint density at radius 2 is 1.87 bits per heavy atom. The van der Waals surface area contributed by atoms with Crippen molar-refractivity contribution in [2.75, 3.05) is 13.2 Å². The molecule has 1 aliphatic carbocycles. The van der Waals surface area contributed by atoms with Crippen molar-refractivity contribution in [3.05, 3.63) is 65.7 Å². The van der Waals surface area contributed by atoms with E-state index in [9.17, 15) is 4.79 Å². The summed E-state index contributed by atoms with van der Waals surface area (Å²) in [6.45, 7) is 1.64. The van der Waals surface area contributed by atoms with Crippen molar-refractivity contribution in [2.24, 2.45) is 0 Å². The summed E-state index contributed by atoms with van der Waals surface area (Å²) in [6.07, 6.45) is 2.74. The Hall–Kier alpha value is -2.33. The van der Waals surface area contributed by atoms with Crippen LogP contribution in [0.2, 0.25) is 0 Å². The SMILES string of the molecule is O=CNC1(c2cccc(OCCOCc3ccccc3)c2)CC1. The molecule has 0 unspecified atom stereocenters. The van der Waals surface area contributed by atoms with Gasteiger partial charge >= 0.3 is 0 Å². The minimum atomic E-state index is -0.176. The van der Waals surface area contributed by atoms with Crippen molar-refractivity contribution < 1.29 is 14.3 Å². The molecule has 0 atom stereocenters. The van der Waals surface area contributed by atoms with Crippen LogP contribution in [0.5, 0.6) is 5.75 Å². The molecule has 4 heteroatoms. The van der Waals surface area contributed by atoms with E-state index in [4.69, 9.17) is 9.47 Å². The van der Waals surface area contributed by atoms with Crippen LogP contribution in [0, 0.1) is 0 Å². The van der Waals surface area contributed by atoms with E-state index >= 15 is 0 Å². The van der Waals surface area contributed by atoms with Crippen molar-refractivity contribution in [2.45, 2.75) is 25.0 Å². The average Bonchev–Trinajstić information content (AvgIpc) is 3.37. The molecule has 0 aliphatic heterocycles. The maximum Gasteiger partial charge on any atom is 0.207 e. The topological polar surface area (TPSA) is 47.6 Å². The molecule has 0 spiro atoms. The quantitative estimate of drug-likeness (QED) is 0.572. The molecule has 0 radical (unpaired) electrons. The van der Waals surface area contributed by atoms with E-state index in [-0.39, 0.29) is 5.54 Å². The van der Waals surface area contributed by atoms with Gasteiger partial charge in [0.2, 0.25) is 6.41 Å². The van der Waals surface area contributed by atoms with Crippen LogP contribution in [0.15, 0.2) is 54.6 Å². The second kappa shape index (κ2) is 7.29. The molecule has 2 aromatic carbocycles. The van der Waals surface area contributed by atoms with Crippen molar-refractivity contribution in [3.8, 4) is 5.75 Å². The van der Waals surface area contributed by atoms with Crippen LogP contribution < -0.4 is 10.1 Å². The smallest absolute Gasteiger partial charge is 0.207 e. The van der Waals surface area contributed by atoms with Crippen LogP contribution in [-0.4, -0.2) is 19.6 Å². The normalized spacial score (nSPS) is 15.0. The van der Waals surface area contributed by atoms with Crippen LogP contribution >= 0.6 is 0 Å². The van der Waals surface area contributed by atoms with Gasteiger partial charge in [-0.05, 0) is 36.1 Å². The molecule has 2 aromatic rings. The number of carbonyl (C=O) groups is 1. The van der Waals surface area contributed by atoms with Crippen LogP contribution in [-0.2, 0) is 21.7 Å². The first-order valence-corrected chi connectivity index (χ1v) is 7.89. The van der Waals surface area contributed by atoms with E-state index in [1.807, 2.05) is 54.6 Å². The molecule has 1 amide bonds. The molecular formula is C19H21NO3. The van der Waals surface area contributed by atoms with Gasteiger partial charge in [-0.15, -0.1) is 0 Å². The first-order valence-electron chi connectivity index (χ1n) is 7.89. The number of benzene rings is 2. The third kappa shape index (κ3) is 4.11. The number of ether oxygens (including phenoxy) is 2. The molecule has 1 aliphatic rings. The monoisotopic (exact) mass is 311 g/mol. The highest BCUT2D eigenvalue weighted by Gasteiger charge is 2.44. The van der Waals surface area contributed by atoms with E-state index in [0.29, 0.717) is 19.8 Å². The molecular weight excluding hydrogens is 290 g/mol. The molecule has 23 heavy (non-hydrogen) atoms. The molecule has 0 aromatic heterocycles. The summed E-state index contributed by atoms with van der Waals surface area (Å²) in [5, 5.41) is 2.91. The maximum absolute atomic E-state index is 10.7. The summed E-state index contributed by atoms with van der Waals surface area (Å²) in [5.74, 6) is 0.810. The highest BCUT2D eigenvalue weighted by molar-refractivity contribution is 5.52. The predicted octanol–water partition coefficient (Wildman–Crippen LogP) is 3.02. The molecule has 0 bridgehead atoms. The van der Waals surface area contributed by atoms with Crippen LogP contribution in [0.4, 0.5) is 0 Å². The zero-order valence-corrected chi connectivity index (χ0v) is 13.0. The molecule has 1 fully saturated rings. The van der Waals surface area contributed by atoms with Crippen molar-refractivity contribution >= 4 is 6.41 Å². The third-order valence-corrected chi connectivity index (χ3v) is 4.08. The lowest BCUT2D eigenvalue weighted by Gasteiger charge is -2.16. The minimum absolute atomic E-state index is 0.176. The molecule has 1 saturated carbocycles. The molecule has 0 heterocycles. The van der Waals surface area contributed by atoms with Gasteiger partial charge in [-0.1, -0.05) is 42.5 Å². The second-order valence-corrected chi connectivity index (χ2v) is 5.76. The summed E-state index contributed by atoms with van der Waals surface area (Å²) < 4.78 is 11.4.